The molecule has 7 heteroatoms. The minimum Gasteiger partial charge on any atom is -0.504 e. The quantitative estimate of drug-likeness (QED) is 0.626. The van der Waals surface area contributed by atoms with E-state index in [0.29, 0.717) is 18.6 Å². The maximum Gasteiger partial charge on any atom is 0.223 e. The number of rotatable bonds is 4. The minimum atomic E-state index is -0.897. The van der Waals surface area contributed by atoms with Gasteiger partial charge in [-0.1, -0.05) is 6.07 Å². The molecule has 2 bridgehead atoms. The van der Waals surface area contributed by atoms with Crippen molar-refractivity contribution < 1.29 is 19.7 Å². The fourth-order valence-corrected chi connectivity index (χ4v) is 8.20. The van der Waals surface area contributed by atoms with E-state index < -0.39 is 11.0 Å². The number of nitrogens with zero attached hydrogens (tertiary/aromatic N) is 2. The Kier molecular flexibility index (Phi) is 4.63. The zero-order valence-electron chi connectivity index (χ0n) is 20.1. The van der Waals surface area contributed by atoms with Crippen molar-refractivity contribution in [3.8, 4) is 11.5 Å². The summed E-state index contributed by atoms with van der Waals surface area (Å²) in [5.74, 6) is 1.65. The third-order valence-electron chi connectivity index (χ3n) is 10.2. The summed E-state index contributed by atoms with van der Waals surface area (Å²) in [4.78, 5) is 18.1. The number of phenolic OH excluding ortho intramolecular Hbond substituents is 1. The van der Waals surface area contributed by atoms with Crippen LogP contribution < -0.4 is 10.1 Å². The number of aliphatic hydroxyl groups is 1. The van der Waals surface area contributed by atoms with Crippen LogP contribution in [-0.4, -0.2) is 82.9 Å². The smallest absolute Gasteiger partial charge is 0.223 e. The van der Waals surface area contributed by atoms with Gasteiger partial charge in [0.25, 0.3) is 0 Å². The van der Waals surface area contributed by atoms with Crippen molar-refractivity contribution in [3.05, 3.63) is 23.3 Å². The van der Waals surface area contributed by atoms with E-state index in [1.807, 2.05) is 6.07 Å². The van der Waals surface area contributed by atoms with Crippen molar-refractivity contribution in [2.24, 2.45) is 11.8 Å². The van der Waals surface area contributed by atoms with Crippen molar-refractivity contribution >= 4 is 5.91 Å². The van der Waals surface area contributed by atoms with Crippen LogP contribution in [0.25, 0.3) is 0 Å². The Bertz CT molecular complexity index is 1020. The Balaban J connectivity index is 1.24. The zero-order chi connectivity index (χ0) is 23.2. The maximum absolute atomic E-state index is 13.3. The van der Waals surface area contributed by atoms with E-state index in [2.05, 4.69) is 22.2 Å². The molecule has 1 aromatic rings. The van der Waals surface area contributed by atoms with Gasteiger partial charge in [-0.15, -0.1) is 0 Å². The highest BCUT2D eigenvalue weighted by molar-refractivity contribution is 5.79. The SMILES string of the molecule is CN1CCC(C(=O)N[C@@H]2CC[C@@]3(O)[C@H]4Cc5ccc(O)c6c5[C@@]3(CCN4CC3CC3)[C@H]2O6)CC1. The summed E-state index contributed by atoms with van der Waals surface area (Å²) < 4.78 is 6.57. The maximum atomic E-state index is 13.3. The zero-order valence-corrected chi connectivity index (χ0v) is 20.1. The lowest BCUT2D eigenvalue weighted by Crippen LogP contribution is -2.78. The van der Waals surface area contributed by atoms with Crippen LogP contribution in [0, 0.1) is 11.8 Å². The summed E-state index contributed by atoms with van der Waals surface area (Å²) in [6.07, 6.45) is 7.02. The molecule has 3 heterocycles. The van der Waals surface area contributed by atoms with Crippen molar-refractivity contribution in [1.82, 2.24) is 15.1 Å². The van der Waals surface area contributed by atoms with Gasteiger partial charge in [0.05, 0.1) is 17.1 Å². The summed E-state index contributed by atoms with van der Waals surface area (Å²) in [7, 11) is 2.11. The molecule has 3 aliphatic carbocycles. The van der Waals surface area contributed by atoms with E-state index in [0.717, 1.165) is 63.3 Å². The first kappa shape index (κ1) is 21.5. The summed E-state index contributed by atoms with van der Waals surface area (Å²) in [5, 5.41) is 26.6. The Morgan fingerprint density at radius 2 is 1.94 bits per heavy atom. The molecule has 3 N–H and O–H groups in total. The lowest BCUT2D eigenvalue weighted by Gasteiger charge is -2.64. The van der Waals surface area contributed by atoms with Crippen molar-refractivity contribution in [1.29, 1.82) is 0 Å². The highest BCUT2D eigenvalue weighted by atomic mass is 16.5. The second-order valence-electron chi connectivity index (χ2n) is 12.0. The average Bonchev–Trinajstić information content (AvgIpc) is 3.56. The van der Waals surface area contributed by atoms with Gasteiger partial charge in [-0.25, -0.2) is 0 Å². The topological polar surface area (TPSA) is 85.3 Å². The molecular weight excluding hydrogens is 430 g/mol. The molecule has 5 atom stereocenters. The number of ether oxygens (including phenoxy) is 1. The van der Waals surface area contributed by atoms with Crippen LogP contribution in [-0.2, 0) is 16.6 Å². The Hall–Kier alpha value is -1.83. The van der Waals surface area contributed by atoms with E-state index in [1.54, 1.807) is 6.07 Å². The van der Waals surface area contributed by atoms with E-state index in [1.165, 1.54) is 18.4 Å². The lowest BCUT2D eigenvalue weighted by atomic mass is 9.48. The van der Waals surface area contributed by atoms with Gasteiger partial charge in [0.2, 0.25) is 5.91 Å². The summed E-state index contributed by atoms with van der Waals surface area (Å²) in [5.41, 5.74) is 0.766. The molecule has 3 aliphatic heterocycles. The van der Waals surface area contributed by atoms with Crippen LogP contribution in [0.1, 0.15) is 56.1 Å². The van der Waals surface area contributed by atoms with Crippen LogP contribution in [0.4, 0.5) is 0 Å². The van der Waals surface area contributed by atoms with Gasteiger partial charge in [-0.3, -0.25) is 9.69 Å². The monoisotopic (exact) mass is 467 g/mol. The van der Waals surface area contributed by atoms with Gasteiger partial charge in [0, 0.05) is 24.1 Å². The number of phenols is 1. The molecule has 0 unspecified atom stereocenters. The number of hydrogen-bond donors (Lipinski definition) is 3. The van der Waals surface area contributed by atoms with E-state index in [4.69, 9.17) is 4.74 Å². The highest BCUT2D eigenvalue weighted by Crippen LogP contribution is 2.65. The van der Waals surface area contributed by atoms with Crippen molar-refractivity contribution in [2.75, 3.05) is 33.2 Å². The summed E-state index contributed by atoms with van der Waals surface area (Å²) in [6, 6.07) is 3.71. The molecule has 4 fully saturated rings. The van der Waals surface area contributed by atoms with Gasteiger partial charge in [0.15, 0.2) is 11.5 Å². The highest BCUT2D eigenvalue weighted by Gasteiger charge is 2.73. The van der Waals surface area contributed by atoms with Gasteiger partial charge < -0.3 is 25.2 Å². The van der Waals surface area contributed by atoms with Crippen LogP contribution in [0.3, 0.4) is 0 Å². The number of hydrogen-bond acceptors (Lipinski definition) is 6. The molecule has 1 aromatic carbocycles. The third-order valence-corrected chi connectivity index (χ3v) is 10.2. The molecule has 2 saturated heterocycles. The van der Waals surface area contributed by atoms with E-state index >= 15 is 0 Å². The normalized spacial score (nSPS) is 39.4. The van der Waals surface area contributed by atoms with E-state index in [9.17, 15) is 15.0 Å². The van der Waals surface area contributed by atoms with Gasteiger partial charge >= 0.3 is 0 Å². The number of benzene rings is 1. The summed E-state index contributed by atoms with van der Waals surface area (Å²) in [6.45, 7) is 3.92. The van der Waals surface area contributed by atoms with E-state index in [-0.39, 0.29) is 35.8 Å². The molecule has 7 rings (SSSR count). The number of carbonyl (C=O) groups excluding carboxylic acids is 1. The first-order chi connectivity index (χ1) is 16.4. The number of piperidine rings is 2. The average molecular weight is 468 g/mol. The van der Waals surface area contributed by atoms with Gasteiger partial charge in [-0.2, -0.15) is 0 Å². The third kappa shape index (κ3) is 2.83. The minimum absolute atomic E-state index is 0.0433. The van der Waals surface area contributed by atoms with Crippen LogP contribution >= 0.6 is 0 Å². The predicted molar refractivity (Wildman–Crippen MR) is 127 cm³/mol. The molecule has 184 valence electrons. The molecule has 34 heavy (non-hydrogen) atoms. The number of nitrogens with one attached hydrogen (secondary N) is 1. The Morgan fingerprint density at radius 1 is 1.15 bits per heavy atom. The first-order valence-corrected chi connectivity index (χ1v) is 13.4. The number of likely N-dealkylation sites (tertiary alicyclic amines) is 2. The second kappa shape index (κ2) is 7.34. The lowest BCUT2D eigenvalue weighted by molar-refractivity contribution is -0.192. The van der Waals surface area contributed by atoms with Gasteiger partial charge in [0.1, 0.15) is 6.10 Å². The molecule has 1 amide bonds. The molecular formula is C27H37N3O4. The predicted octanol–water partition coefficient (Wildman–Crippen LogP) is 1.78. The van der Waals surface area contributed by atoms with Crippen molar-refractivity contribution in [3.63, 3.8) is 0 Å². The second-order valence-corrected chi connectivity index (χ2v) is 12.0. The molecule has 0 aromatic heterocycles. The van der Waals surface area contributed by atoms with Crippen LogP contribution in [0.5, 0.6) is 11.5 Å². The fraction of sp³-hybridized carbons (Fsp3) is 0.741. The fourth-order valence-electron chi connectivity index (χ4n) is 8.20. The molecule has 0 radical (unpaired) electrons. The number of amides is 1. The van der Waals surface area contributed by atoms with Crippen LogP contribution in [0.2, 0.25) is 0 Å². The number of aromatic hydroxyl groups is 1. The van der Waals surface area contributed by atoms with Crippen molar-refractivity contribution in [2.45, 2.75) is 80.6 Å². The molecule has 7 nitrogen and oxygen atoms in total. The van der Waals surface area contributed by atoms with Gasteiger partial charge in [-0.05, 0) is 95.6 Å². The standard InChI is InChI=1S/C27H37N3O4/c1-29-11-7-17(8-12-29)25(32)28-19-6-9-27(33)21-14-18-4-5-20(31)23-22(18)26(27,24(19)34-23)10-13-30(21)15-16-2-3-16/h4-5,16-17,19,21,24,31,33H,2-3,6-15H2,1H3,(H,28,32)/t19-,21-,24+,26+,27-/m1/s1. The first-order valence-electron chi connectivity index (χ1n) is 13.4. The Morgan fingerprint density at radius 3 is 2.71 bits per heavy atom. The molecule has 6 aliphatic rings. The molecule has 1 spiro atoms. The van der Waals surface area contributed by atoms with Crippen LogP contribution in [0.15, 0.2) is 12.1 Å². The summed E-state index contributed by atoms with van der Waals surface area (Å²) >= 11 is 0. The number of carbonyl (C=O) groups is 1. The molecule has 2 saturated carbocycles. The Labute approximate surface area is 201 Å². The largest absolute Gasteiger partial charge is 0.504 e.